The molecule has 2 nitrogen and oxygen atoms in total. The first-order valence-corrected chi connectivity index (χ1v) is 7.94. The molecule has 0 aromatic heterocycles. The molecule has 4 heteroatoms. The van der Waals surface area contributed by atoms with Gasteiger partial charge in [-0.05, 0) is 24.3 Å². The van der Waals surface area contributed by atoms with E-state index in [1.807, 2.05) is 30.5 Å². The van der Waals surface area contributed by atoms with Gasteiger partial charge < -0.3 is 5.32 Å². The minimum absolute atomic E-state index is 0.00750. The third-order valence-corrected chi connectivity index (χ3v) is 4.13. The van der Waals surface area contributed by atoms with E-state index in [0.717, 1.165) is 15.8 Å². The fourth-order valence-electron chi connectivity index (χ4n) is 1.46. The number of amides is 1. The molecular weight excluding hydrogens is 298 g/mol. The van der Waals surface area contributed by atoms with Gasteiger partial charge in [0, 0.05) is 16.3 Å². The van der Waals surface area contributed by atoms with Crippen LogP contribution in [-0.2, 0) is 0 Å². The summed E-state index contributed by atoms with van der Waals surface area (Å²) < 4.78 is 0. The van der Waals surface area contributed by atoms with Crippen molar-refractivity contribution in [3.63, 3.8) is 0 Å². The predicted molar refractivity (Wildman–Crippen MR) is 78.1 cm³/mol. The number of hydrogen-bond donors (Lipinski definition) is 1. The average Bonchev–Trinajstić information content (AvgIpc) is 2.35. The second-order valence-corrected chi connectivity index (χ2v) is 5.67. The third-order valence-electron chi connectivity index (χ3n) is 2.64. The van der Waals surface area contributed by atoms with Gasteiger partial charge in [-0.3, -0.25) is 4.79 Å². The molecule has 1 aromatic rings. The number of carbonyl (C=O) groups is 1. The molecule has 0 saturated heterocycles. The highest BCUT2D eigenvalue weighted by Gasteiger charge is 2.17. The number of carbonyl (C=O) groups excluding carboxylic acids is 1. The summed E-state index contributed by atoms with van der Waals surface area (Å²) in [5, 5.41) is 3.83. The molecule has 1 atom stereocenters. The van der Waals surface area contributed by atoms with Gasteiger partial charge >= 0.3 is 0 Å². The maximum Gasteiger partial charge on any atom is 0.252 e. The van der Waals surface area contributed by atoms with Gasteiger partial charge in [-0.15, -0.1) is 11.8 Å². The predicted octanol–water partition coefficient (Wildman–Crippen LogP) is 3.56. The maximum absolute atomic E-state index is 12.2. The zero-order valence-corrected chi connectivity index (χ0v) is 12.8. The third kappa shape index (κ3) is 4.03. The first kappa shape index (κ1) is 14.6. The summed E-state index contributed by atoms with van der Waals surface area (Å²) in [6.45, 7) is 4.21. The molecule has 0 radical (unpaired) electrons. The summed E-state index contributed by atoms with van der Waals surface area (Å²) in [5.74, 6) is 0.424. The molecule has 0 aliphatic heterocycles. The van der Waals surface area contributed by atoms with Gasteiger partial charge in [-0.25, -0.2) is 0 Å². The van der Waals surface area contributed by atoms with Gasteiger partial charge in [0.1, 0.15) is 0 Å². The lowest BCUT2D eigenvalue weighted by Gasteiger charge is -2.20. The Labute approximate surface area is 116 Å². The average molecular weight is 316 g/mol. The first-order valence-electron chi connectivity index (χ1n) is 5.60. The Morgan fingerprint density at radius 2 is 2.06 bits per heavy atom. The van der Waals surface area contributed by atoms with Crippen molar-refractivity contribution in [2.45, 2.75) is 24.8 Å². The lowest BCUT2D eigenvalue weighted by atomic mass is 10.1. The molecule has 94 valence electrons. The minimum Gasteiger partial charge on any atom is -0.348 e. The van der Waals surface area contributed by atoms with Crippen molar-refractivity contribution in [1.29, 1.82) is 0 Å². The summed E-state index contributed by atoms with van der Waals surface area (Å²) in [7, 11) is 0. The number of benzene rings is 1. The maximum atomic E-state index is 12.2. The van der Waals surface area contributed by atoms with Gasteiger partial charge in [0.2, 0.25) is 0 Å². The normalized spacial score (nSPS) is 12.5. The van der Waals surface area contributed by atoms with E-state index in [4.69, 9.17) is 0 Å². The number of rotatable bonds is 5. The Hall–Kier alpha value is -0.480. The van der Waals surface area contributed by atoms with Crippen LogP contribution in [0, 0.1) is 5.92 Å². The van der Waals surface area contributed by atoms with Crippen LogP contribution in [0.5, 0.6) is 0 Å². The Morgan fingerprint density at radius 3 is 2.59 bits per heavy atom. The highest BCUT2D eigenvalue weighted by molar-refractivity contribution is 9.09. The molecule has 0 spiro atoms. The summed E-state index contributed by atoms with van der Waals surface area (Å²) in [6, 6.07) is 7.85. The van der Waals surface area contributed by atoms with Crippen molar-refractivity contribution in [2.75, 3.05) is 11.6 Å². The molecule has 17 heavy (non-hydrogen) atoms. The quantitative estimate of drug-likeness (QED) is 0.665. The lowest BCUT2D eigenvalue weighted by molar-refractivity contribution is 0.0929. The standard InChI is InChI=1S/C13H18BrNOS/c1-9(2)11(8-14)15-13(16)10-6-4-5-7-12(10)17-3/h4-7,9,11H,8H2,1-3H3,(H,15,16). The van der Waals surface area contributed by atoms with Crippen molar-refractivity contribution >= 4 is 33.6 Å². The van der Waals surface area contributed by atoms with Crippen LogP contribution in [0.3, 0.4) is 0 Å². The van der Waals surface area contributed by atoms with Crippen molar-refractivity contribution in [1.82, 2.24) is 5.32 Å². The van der Waals surface area contributed by atoms with Crippen LogP contribution < -0.4 is 5.32 Å². The molecule has 1 amide bonds. The molecule has 0 heterocycles. The molecule has 1 aromatic carbocycles. The smallest absolute Gasteiger partial charge is 0.252 e. The van der Waals surface area contributed by atoms with Crippen LogP contribution in [0.1, 0.15) is 24.2 Å². The van der Waals surface area contributed by atoms with Crippen LogP contribution in [0.4, 0.5) is 0 Å². The van der Waals surface area contributed by atoms with Gasteiger partial charge in [-0.2, -0.15) is 0 Å². The van der Waals surface area contributed by atoms with Crippen LogP contribution in [0.15, 0.2) is 29.2 Å². The molecule has 1 N–H and O–H groups in total. The second kappa shape index (κ2) is 7.07. The van der Waals surface area contributed by atoms with Gasteiger partial charge in [-0.1, -0.05) is 41.9 Å². The Balaban J connectivity index is 2.82. The van der Waals surface area contributed by atoms with E-state index in [9.17, 15) is 4.79 Å². The number of nitrogens with one attached hydrogen (secondary N) is 1. The summed E-state index contributed by atoms with van der Waals surface area (Å²) in [5.41, 5.74) is 0.756. The highest BCUT2D eigenvalue weighted by atomic mass is 79.9. The van der Waals surface area contributed by atoms with Crippen LogP contribution >= 0.6 is 27.7 Å². The van der Waals surface area contributed by atoms with Crippen molar-refractivity contribution < 1.29 is 4.79 Å². The number of alkyl halides is 1. The van der Waals surface area contributed by atoms with Gasteiger partial charge in [0.05, 0.1) is 5.56 Å². The lowest BCUT2D eigenvalue weighted by Crippen LogP contribution is -2.39. The summed E-state index contributed by atoms with van der Waals surface area (Å²) >= 11 is 5.03. The molecule has 1 rings (SSSR count). The fourth-order valence-corrected chi connectivity index (χ4v) is 2.97. The zero-order valence-electron chi connectivity index (χ0n) is 10.4. The molecule has 0 aliphatic carbocycles. The molecule has 0 saturated carbocycles. The van der Waals surface area contributed by atoms with Crippen molar-refractivity contribution in [2.24, 2.45) is 5.92 Å². The van der Waals surface area contributed by atoms with Crippen LogP contribution in [0.2, 0.25) is 0 Å². The summed E-state index contributed by atoms with van der Waals surface area (Å²) in [6.07, 6.45) is 1.98. The Morgan fingerprint density at radius 1 is 1.41 bits per heavy atom. The number of halogens is 1. The first-order chi connectivity index (χ1) is 8.10. The second-order valence-electron chi connectivity index (χ2n) is 4.18. The molecule has 0 aliphatic rings. The largest absolute Gasteiger partial charge is 0.348 e. The van der Waals surface area contributed by atoms with E-state index in [1.54, 1.807) is 11.8 Å². The zero-order chi connectivity index (χ0) is 12.8. The monoisotopic (exact) mass is 315 g/mol. The highest BCUT2D eigenvalue weighted by Crippen LogP contribution is 2.20. The van der Waals surface area contributed by atoms with Crippen LogP contribution in [-0.4, -0.2) is 23.5 Å². The number of thioether (sulfide) groups is 1. The molecule has 0 bridgehead atoms. The van der Waals surface area contributed by atoms with E-state index >= 15 is 0 Å². The van der Waals surface area contributed by atoms with Crippen molar-refractivity contribution in [3.05, 3.63) is 29.8 Å². The minimum atomic E-state index is 0.00750. The number of hydrogen-bond acceptors (Lipinski definition) is 2. The SMILES string of the molecule is CSc1ccccc1C(=O)NC(CBr)C(C)C. The van der Waals surface area contributed by atoms with E-state index in [0.29, 0.717) is 5.92 Å². The van der Waals surface area contributed by atoms with E-state index in [2.05, 4.69) is 35.1 Å². The van der Waals surface area contributed by atoms with Gasteiger partial charge in [0.25, 0.3) is 5.91 Å². The van der Waals surface area contributed by atoms with Crippen molar-refractivity contribution in [3.8, 4) is 0 Å². The van der Waals surface area contributed by atoms with Gasteiger partial charge in [0.15, 0.2) is 0 Å². The Bertz CT molecular complexity index is 381. The topological polar surface area (TPSA) is 29.1 Å². The molecule has 0 fully saturated rings. The Kier molecular flexibility index (Phi) is 6.06. The molecule has 1 unspecified atom stereocenters. The van der Waals surface area contributed by atoms with Crippen LogP contribution in [0.25, 0.3) is 0 Å². The summed E-state index contributed by atoms with van der Waals surface area (Å²) in [4.78, 5) is 13.2. The molecular formula is C13H18BrNOS. The van der Waals surface area contributed by atoms with E-state index in [-0.39, 0.29) is 11.9 Å². The fraction of sp³-hybridized carbons (Fsp3) is 0.462. The van der Waals surface area contributed by atoms with E-state index < -0.39 is 0 Å². The van der Waals surface area contributed by atoms with E-state index in [1.165, 1.54) is 0 Å².